The van der Waals surface area contributed by atoms with Gasteiger partial charge in [-0.1, -0.05) is 30.0 Å². The zero-order valence-corrected chi connectivity index (χ0v) is 18.4. The number of fused-ring (bicyclic) bond motifs is 1. The number of Topliss-reactive ketones (excluding diaryl/α,β-unsaturated/α-hetero) is 1. The molecular weight excluding hydrogens is 428 g/mol. The maximum absolute atomic E-state index is 12.9. The third-order valence-corrected chi connectivity index (χ3v) is 6.26. The molecule has 0 N–H and O–H groups in total. The lowest BCUT2D eigenvalue weighted by Crippen LogP contribution is -2.37. The van der Waals surface area contributed by atoms with E-state index in [4.69, 9.17) is 14.2 Å². The minimum Gasteiger partial charge on any atom is -0.490 e. The van der Waals surface area contributed by atoms with Crippen molar-refractivity contribution in [3.8, 4) is 17.2 Å². The lowest BCUT2D eigenvalue weighted by Gasteiger charge is -2.27. The van der Waals surface area contributed by atoms with Crippen LogP contribution in [0.15, 0.2) is 53.7 Å². The topological polar surface area (TPSA) is 78.7 Å². The smallest absolute Gasteiger partial charge is 0.232 e. The Morgan fingerprint density at radius 3 is 2.53 bits per heavy atom. The summed E-state index contributed by atoms with van der Waals surface area (Å²) in [6, 6.07) is 15.3. The van der Waals surface area contributed by atoms with Gasteiger partial charge in [-0.25, -0.2) is 0 Å². The zero-order chi connectivity index (χ0) is 21.8. The van der Waals surface area contributed by atoms with E-state index in [9.17, 15) is 4.79 Å². The fourth-order valence-corrected chi connectivity index (χ4v) is 4.52. The van der Waals surface area contributed by atoms with Crippen molar-refractivity contribution in [1.82, 2.24) is 14.8 Å². The highest BCUT2D eigenvalue weighted by molar-refractivity contribution is 7.99. The van der Waals surface area contributed by atoms with Crippen molar-refractivity contribution < 1.29 is 19.0 Å². The highest BCUT2D eigenvalue weighted by Gasteiger charge is 2.23. The summed E-state index contributed by atoms with van der Waals surface area (Å²) in [5.74, 6) is 2.32. The summed E-state index contributed by atoms with van der Waals surface area (Å²) in [5.41, 5.74) is 1.56. The number of benzene rings is 2. The number of hydrogen-bond acceptors (Lipinski definition) is 8. The maximum Gasteiger partial charge on any atom is 0.232 e. The first-order valence-electron chi connectivity index (χ1n) is 10.7. The van der Waals surface area contributed by atoms with Gasteiger partial charge in [-0.2, -0.15) is 0 Å². The molecule has 1 fully saturated rings. The zero-order valence-electron chi connectivity index (χ0n) is 17.6. The number of ketones is 1. The summed E-state index contributed by atoms with van der Waals surface area (Å²) >= 11 is 1.38. The third kappa shape index (κ3) is 4.44. The highest BCUT2D eigenvalue weighted by atomic mass is 32.2. The Bertz CT molecular complexity index is 1080. The molecule has 8 nitrogen and oxygen atoms in total. The Labute approximate surface area is 190 Å². The summed E-state index contributed by atoms with van der Waals surface area (Å²) in [7, 11) is 0. The molecule has 1 aromatic heterocycles. The second-order valence-corrected chi connectivity index (χ2v) is 8.42. The molecule has 2 aliphatic rings. The van der Waals surface area contributed by atoms with Crippen LogP contribution >= 0.6 is 11.8 Å². The molecule has 32 heavy (non-hydrogen) atoms. The third-order valence-electron chi connectivity index (χ3n) is 5.33. The van der Waals surface area contributed by atoms with Crippen LogP contribution in [0, 0.1) is 0 Å². The van der Waals surface area contributed by atoms with Gasteiger partial charge in [0.1, 0.15) is 0 Å². The van der Waals surface area contributed by atoms with Gasteiger partial charge in [-0.05, 0) is 30.3 Å². The first-order chi connectivity index (χ1) is 15.8. The largest absolute Gasteiger partial charge is 0.490 e. The Kier molecular flexibility index (Phi) is 6.27. The predicted octanol–water partition coefficient (Wildman–Crippen LogP) is 3.24. The number of thioether (sulfide) groups is 1. The average molecular weight is 453 g/mol. The van der Waals surface area contributed by atoms with Crippen molar-refractivity contribution in [3.63, 3.8) is 0 Å². The number of para-hydroxylation sites is 1. The van der Waals surface area contributed by atoms with Crippen LogP contribution < -0.4 is 14.4 Å². The van der Waals surface area contributed by atoms with Gasteiger partial charge < -0.3 is 19.1 Å². The van der Waals surface area contributed by atoms with Gasteiger partial charge in [0.05, 0.1) is 37.9 Å². The van der Waals surface area contributed by atoms with Crippen LogP contribution in [-0.4, -0.2) is 65.8 Å². The second-order valence-electron chi connectivity index (χ2n) is 7.48. The summed E-state index contributed by atoms with van der Waals surface area (Å²) in [4.78, 5) is 15.1. The molecule has 3 heterocycles. The van der Waals surface area contributed by atoms with E-state index >= 15 is 0 Å². The Balaban J connectivity index is 1.37. The molecule has 0 bridgehead atoms. The molecule has 1 saturated heterocycles. The first kappa shape index (κ1) is 20.8. The fourth-order valence-electron chi connectivity index (χ4n) is 3.68. The minimum atomic E-state index is 0.00109. The minimum absolute atomic E-state index is 0.00109. The molecule has 0 aliphatic carbocycles. The number of rotatable bonds is 6. The molecule has 0 spiro atoms. The van der Waals surface area contributed by atoms with Crippen molar-refractivity contribution in [2.45, 2.75) is 11.6 Å². The number of carbonyl (C=O) groups excluding carboxylic acids is 1. The van der Waals surface area contributed by atoms with E-state index in [0.717, 1.165) is 31.1 Å². The molecular formula is C23H24N4O4S. The molecule has 0 unspecified atom stereocenters. The number of anilines is 1. The van der Waals surface area contributed by atoms with Crippen LogP contribution in [0.25, 0.3) is 5.69 Å². The Morgan fingerprint density at radius 2 is 1.72 bits per heavy atom. The van der Waals surface area contributed by atoms with E-state index in [-0.39, 0.29) is 11.5 Å². The fraction of sp³-hybridized carbons (Fsp3) is 0.348. The lowest BCUT2D eigenvalue weighted by atomic mass is 10.1. The van der Waals surface area contributed by atoms with Gasteiger partial charge in [0, 0.05) is 25.1 Å². The Morgan fingerprint density at radius 1 is 0.938 bits per heavy atom. The van der Waals surface area contributed by atoms with Crippen LogP contribution in [-0.2, 0) is 4.74 Å². The summed E-state index contributed by atoms with van der Waals surface area (Å²) in [5, 5.41) is 9.54. The van der Waals surface area contributed by atoms with Crippen molar-refractivity contribution in [3.05, 3.63) is 54.1 Å². The quantitative estimate of drug-likeness (QED) is 0.417. The molecule has 0 radical (unpaired) electrons. The second kappa shape index (κ2) is 9.62. The van der Waals surface area contributed by atoms with Gasteiger partial charge in [0.2, 0.25) is 5.95 Å². The van der Waals surface area contributed by atoms with Crippen LogP contribution in [0.1, 0.15) is 16.8 Å². The molecule has 2 aromatic carbocycles. The van der Waals surface area contributed by atoms with Crippen molar-refractivity contribution >= 4 is 23.5 Å². The first-order valence-corrected chi connectivity index (χ1v) is 11.7. The molecule has 2 aliphatic heterocycles. The van der Waals surface area contributed by atoms with Gasteiger partial charge in [-0.3, -0.25) is 9.36 Å². The maximum atomic E-state index is 12.9. The van der Waals surface area contributed by atoms with Crippen molar-refractivity contribution in [1.29, 1.82) is 0 Å². The number of carbonyl (C=O) groups is 1. The molecule has 0 saturated carbocycles. The Hall–Kier alpha value is -3.04. The number of nitrogens with zero attached hydrogens (tertiary/aromatic N) is 4. The van der Waals surface area contributed by atoms with Crippen molar-refractivity contribution in [2.24, 2.45) is 0 Å². The van der Waals surface area contributed by atoms with Gasteiger partial charge in [-0.15, -0.1) is 10.2 Å². The van der Waals surface area contributed by atoms with E-state index in [1.165, 1.54) is 11.8 Å². The van der Waals surface area contributed by atoms with Gasteiger partial charge in [0.25, 0.3) is 0 Å². The number of morpholine rings is 1. The van der Waals surface area contributed by atoms with E-state index in [2.05, 4.69) is 15.1 Å². The van der Waals surface area contributed by atoms with Crippen LogP contribution in [0.5, 0.6) is 11.5 Å². The van der Waals surface area contributed by atoms with Crippen LogP contribution in [0.2, 0.25) is 0 Å². The van der Waals surface area contributed by atoms with E-state index < -0.39 is 0 Å². The summed E-state index contributed by atoms with van der Waals surface area (Å²) < 4.78 is 18.9. The predicted molar refractivity (Wildman–Crippen MR) is 121 cm³/mol. The standard InChI is InChI=1S/C23H24N4O4S/c28-19(17-7-8-20-21(15-17)31-12-4-11-30-20)16-32-23-25-24-22(26-9-13-29-14-10-26)27(23)18-5-2-1-3-6-18/h1-3,5-8,15H,4,9-14,16H2. The highest BCUT2D eigenvalue weighted by Crippen LogP contribution is 2.32. The van der Waals surface area contributed by atoms with Crippen LogP contribution in [0.3, 0.4) is 0 Å². The number of ether oxygens (including phenoxy) is 3. The van der Waals surface area contributed by atoms with Crippen molar-refractivity contribution in [2.75, 3.05) is 50.2 Å². The molecule has 3 aromatic rings. The molecule has 166 valence electrons. The average Bonchev–Trinajstić information content (AvgIpc) is 3.13. The normalized spacial score (nSPS) is 15.9. The molecule has 0 atom stereocenters. The van der Waals surface area contributed by atoms with Crippen LogP contribution in [0.4, 0.5) is 5.95 Å². The lowest BCUT2D eigenvalue weighted by molar-refractivity contribution is 0.102. The van der Waals surface area contributed by atoms with Gasteiger partial charge in [0.15, 0.2) is 22.4 Å². The van der Waals surface area contributed by atoms with Gasteiger partial charge >= 0.3 is 0 Å². The molecule has 9 heteroatoms. The monoisotopic (exact) mass is 452 g/mol. The van der Waals surface area contributed by atoms with E-state index in [1.54, 1.807) is 12.1 Å². The molecule has 0 amide bonds. The SMILES string of the molecule is O=C(CSc1nnc(N2CCOCC2)n1-c1ccccc1)c1ccc2c(c1)OCCCO2. The molecule has 5 rings (SSSR count). The number of aromatic nitrogens is 3. The summed E-state index contributed by atoms with van der Waals surface area (Å²) in [6.45, 7) is 4.04. The number of hydrogen-bond donors (Lipinski definition) is 0. The summed E-state index contributed by atoms with van der Waals surface area (Å²) in [6.07, 6.45) is 0.828. The van der Waals surface area contributed by atoms with E-state index in [0.29, 0.717) is 48.6 Å². The van der Waals surface area contributed by atoms with E-state index in [1.807, 2.05) is 41.0 Å².